The Kier molecular flexibility index (Phi) is 4.62. The second-order valence-electron chi connectivity index (χ2n) is 5.80. The van der Waals surface area contributed by atoms with Crippen molar-refractivity contribution in [3.05, 3.63) is 40.3 Å². The molecule has 2 atom stereocenters. The number of benzene rings is 1. The molecule has 0 radical (unpaired) electrons. The van der Waals surface area contributed by atoms with Crippen molar-refractivity contribution < 1.29 is 14.3 Å². The maximum Gasteiger partial charge on any atom is 0.231 e. The first-order valence-corrected chi connectivity index (χ1v) is 8.61. The molecule has 0 aromatic heterocycles. The monoisotopic (exact) mass is 345 g/mol. The van der Waals surface area contributed by atoms with Crippen LogP contribution in [0.3, 0.4) is 0 Å². The number of guanidine groups is 1. The Hall–Kier alpha value is -2.28. The molecule has 2 N–H and O–H groups in total. The lowest BCUT2D eigenvalue weighted by Gasteiger charge is -2.31. The summed E-state index contributed by atoms with van der Waals surface area (Å²) < 4.78 is 5.26. The molecule has 6 nitrogen and oxygen atoms in total. The zero-order valence-corrected chi connectivity index (χ0v) is 14.4. The van der Waals surface area contributed by atoms with E-state index in [2.05, 4.69) is 11.4 Å². The first-order chi connectivity index (χ1) is 11.5. The highest BCUT2D eigenvalue weighted by Gasteiger charge is 2.32. The number of allylic oxidation sites excluding steroid dienone is 1. The summed E-state index contributed by atoms with van der Waals surface area (Å²) in [5.41, 5.74) is 1.58. The molecule has 2 heterocycles. The van der Waals surface area contributed by atoms with Crippen LogP contribution in [0.4, 0.5) is 0 Å². The van der Waals surface area contributed by atoms with Crippen molar-refractivity contribution in [2.45, 2.75) is 18.4 Å². The maximum absolute atomic E-state index is 12.0. The summed E-state index contributed by atoms with van der Waals surface area (Å²) in [6.07, 6.45) is 3.29. The molecule has 1 saturated heterocycles. The van der Waals surface area contributed by atoms with Crippen LogP contribution in [-0.4, -0.2) is 49.0 Å². The number of rotatable bonds is 4. The minimum absolute atomic E-state index is 0.0661. The molecule has 3 rings (SSSR count). The summed E-state index contributed by atoms with van der Waals surface area (Å²) in [6, 6.07) is 5.27. The normalized spacial score (nSPS) is 23.8. The Morgan fingerprint density at radius 2 is 2.25 bits per heavy atom. The van der Waals surface area contributed by atoms with Gasteiger partial charge in [0, 0.05) is 29.2 Å². The zero-order chi connectivity index (χ0) is 17.3. The molecule has 1 aromatic rings. The summed E-state index contributed by atoms with van der Waals surface area (Å²) in [5, 5.41) is 10.9. The second kappa shape index (κ2) is 6.68. The van der Waals surface area contributed by atoms with E-state index >= 15 is 0 Å². The van der Waals surface area contributed by atoms with E-state index in [1.54, 1.807) is 38.1 Å². The van der Waals surface area contributed by atoms with Gasteiger partial charge in [0.25, 0.3) is 0 Å². The molecule has 1 amide bonds. The molecular formula is C17H19N3O3S. The number of nitrogens with zero attached hydrogens (tertiary/aromatic N) is 1. The van der Waals surface area contributed by atoms with Crippen molar-refractivity contribution in [1.29, 1.82) is 5.41 Å². The fourth-order valence-electron chi connectivity index (χ4n) is 2.91. The highest BCUT2D eigenvalue weighted by molar-refractivity contribution is 8.03. The third-order valence-electron chi connectivity index (χ3n) is 4.36. The molecule has 1 aromatic carbocycles. The fourth-order valence-corrected chi connectivity index (χ4v) is 4.16. The van der Waals surface area contributed by atoms with E-state index in [4.69, 9.17) is 10.1 Å². The smallest absolute Gasteiger partial charge is 0.231 e. The number of carbonyl (C=O) groups excluding carboxylic acids is 2. The summed E-state index contributed by atoms with van der Waals surface area (Å²) in [5.74, 6) is 1.67. The van der Waals surface area contributed by atoms with Crippen LogP contribution in [0.5, 0.6) is 5.75 Å². The molecule has 1 unspecified atom stereocenters. The van der Waals surface area contributed by atoms with Crippen molar-refractivity contribution >= 4 is 29.9 Å². The Balaban J connectivity index is 1.85. The Morgan fingerprint density at radius 1 is 1.46 bits per heavy atom. The lowest BCUT2D eigenvalue weighted by atomic mass is 9.94. The van der Waals surface area contributed by atoms with Gasteiger partial charge in [-0.1, -0.05) is 6.08 Å². The van der Waals surface area contributed by atoms with Crippen LogP contribution < -0.4 is 10.1 Å². The number of methoxy groups -OCH3 is 1. The minimum atomic E-state index is -0.165. The van der Waals surface area contributed by atoms with Crippen LogP contribution >= 0.6 is 11.8 Å². The van der Waals surface area contributed by atoms with Crippen molar-refractivity contribution in [2.75, 3.05) is 19.9 Å². The van der Waals surface area contributed by atoms with Crippen LogP contribution in [0.25, 0.3) is 0 Å². The lowest BCUT2D eigenvalue weighted by Crippen LogP contribution is -2.53. The number of hydrogen-bond donors (Lipinski definition) is 2. The van der Waals surface area contributed by atoms with Crippen LogP contribution in [-0.2, 0) is 4.79 Å². The lowest BCUT2D eigenvalue weighted by molar-refractivity contribution is -0.127. The summed E-state index contributed by atoms with van der Waals surface area (Å²) in [7, 11) is 3.20. The fraction of sp³-hybridized carbons (Fsp3) is 0.353. The molecule has 0 aliphatic carbocycles. The molecule has 2 aliphatic rings. The van der Waals surface area contributed by atoms with Crippen LogP contribution in [0, 0.1) is 5.41 Å². The zero-order valence-electron chi connectivity index (χ0n) is 13.5. The highest BCUT2D eigenvalue weighted by Crippen LogP contribution is 2.40. The van der Waals surface area contributed by atoms with Crippen LogP contribution in [0.1, 0.15) is 28.3 Å². The SMILES string of the molecule is COc1ccc(C=O)c(C2C=C([C@@H]3CC(=O)N(C)C(=N)N3)SC2)c1. The van der Waals surface area contributed by atoms with Gasteiger partial charge in [-0.05, 0) is 23.8 Å². The van der Waals surface area contributed by atoms with E-state index in [0.717, 1.165) is 28.3 Å². The van der Waals surface area contributed by atoms with Crippen molar-refractivity contribution in [3.63, 3.8) is 0 Å². The molecular weight excluding hydrogens is 326 g/mol. The number of nitrogens with one attached hydrogen (secondary N) is 2. The Bertz CT molecular complexity index is 714. The van der Waals surface area contributed by atoms with E-state index in [9.17, 15) is 9.59 Å². The number of amides is 1. The van der Waals surface area contributed by atoms with Gasteiger partial charge in [-0.2, -0.15) is 0 Å². The second-order valence-corrected chi connectivity index (χ2v) is 6.90. The highest BCUT2D eigenvalue weighted by atomic mass is 32.2. The Labute approximate surface area is 144 Å². The average molecular weight is 345 g/mol. The molecule has 0 bridgehead atoms. The maximum atomic E-state index is 12.0. The quantitative estimate of drug-likeness (QED) is 0.816. The minimum Gasteiger partial charge on any atom is -0.497 e. The first-order valence-electron chi connectivity index (χ1n) is 7.62. The predicted octanol–water partition coefficient (Wildman–Crippen LogP) is 1.98. The van der Waals surface area contributed by atoms with Gasteiger partial charge < -0.3 is 10.1 Å². The summed E-state index contributed by atoms with van der Waals surface area (Å²) >= 11 is 1.66. The molecule has 126 valence electrons. The van der Waals surface area contributed by atoms with E-state index in [1.165, 1.54) is 4.90 Å². The van der Waals surface area contributed by atoms with Gasteiger partial charge in [0.1, 0.15) is 12.0 Å². The predicted molar refractivity (Wildman–Crippen MR) is 93.7 cm³/mol. The molecule has 2 aliphatic heterocycles. The van der Waals surface area contributed by atoms with Gasteiger partial charge in [-0.3, -0.25) is 19.9 Å². The van der Waals surface area contributed by atoms with E-state index in [0.29, 0.717) is 12.0 Å². The van der Waals surface area contributed by atoms with Crippen LogP contribution in [0.2, 0.25) is 0 Å². The summed E-state index contributed by atoms with van der Waals surface area (Å²) in [4.78, 5) is 25.7. The standard InChI is InChI=1S/C17H19N3O3S/c1-20-16(22)7-14(19-17(20)18)15-5-11(9-24-15)13-6-12(23-2)4-3-10(13)8-21/h3-6,8,11,14H,7,9H2,1-2H3,(H2,18,19)/t11?,14-/m0/s1. The van der Waals surface area contributed by atoms with Gasteiger partial charge in [0.15, 0.2) is 5.96 Å². The van der Waals surface area contributed by atoms with E-state index in [1.807, 2.05) is 6.07 Å². The molecule has 0 saturated carbocycles. The Morgan fingerprint density at radius 3 is 2.92 bits per heavy atom. The first kappa shape index (κ1) is 16.6. The number of hydrogen-bond acceptors (Lipinski definition) is 5. The molecule has 7 heteroatoms. The van der Waals surface area contributed by atoms with Crippen LogP contribution in [0.15, 0.2) is 29.2 Å². The third kappa shape index (κ3) is 3.03. The van der Waals surface area contributed by atoms with E-state index < -0.39 is 0 Å². The summed E-state index contributed by atoms with van der Waals surface area (Å²) in [6.45, 7) is 0. The topological polar surface area (TPSA) is 82.5 Å². The van der Waals surface area contributed by atoms with Gasteiger partial charge >= 0.3 is 0 Å². The van der Waals surface area contributed by atoms with E-state index in [-0.39, 0.29) is 23.8 Å². The van der Waals surface area contributed by atoms with Crippen molar-refractivity contribution in [3.8, 4) is 5.75 Å². The number of ether oxygens (including phenoxy) is 1. The molecule has 24 heavy (non-hydrogen) atoms. The third-order valence-corrected chi connectivity index (χ3v) is 5.64. The van der Waals surface area contributed by atoms with Crippen molar-refractivity contribution in [2.24, 2.45) is 0 Å². The van der Waals surface area contributed by atoms with Gasteiger partial charge in [0.2, 0.25) is 5.91 Å². The van der Waals surface area contributed by atoms with Gasteiger partial charge in [0.05, 0.1) is 19.6 Å². The number of aldehydes is 1. The number of carbonyl (C=O) groups is 2. The number of thioether (sulfide) groups is 1. The molecule has 1 fully saturated rings. The molecule has 0 spiro atoms. The van der Waals surface area contributed by atoms with Crippen molar-refractivity contribution in [1.82, 2.24) is 10.2 Å². The van der Waals surface area contributed by atoms with Gasteiger partial charge in [-0.25, -0.2) is 0 Å². The largest absolute Gasteiger partial charge is 0.497 e. The van der Waals surface area contributed by atoms with Gasteiger partial charge in [-0.15, -0.1) is 11.8 Å². The average Bonchev–Trinajstić information content (AvgIpc) is 3.08.